The highest BCUT2D eigenvalue weighted by Gasteiger charge is 2.17. The Labute approximate surface area is 149 Å². The molecule has 1 aromatic carbocycles. The van der Waals surface area contributed by atoms with E-state index < -0.39 is 10.0 Å². The fraction of sp³-hybridized carbons (Fsp3) is 0.588. The van der Waals surface area contributed by atoms with Crippen LogP contribution in [0.1, 0.15) is 32.6 Å². The van der Waals surface area contributed by atoms with Gasteiger partial charge in [0.15, 0.2) is 0 Å². The molecule has 1 heterocycles. The van der Waals surface area contributed by atoms with E-state index in [1.807, 2.05) is 0 Å². The zero-order valence-corrected chi connectivity index (χ0v) is 15.7. The molecule has 0 bridgehead atoms. The van der Waals surface area contributed by atoms with Crippen molar-refractivity contribution in [2.75, 3.05) is 38.6 Å². The van der Waals surface area contributed by atoms with Gasteiger partial charge in [-0.2, -0.15) is 0 Å². The van der Waals surface area contributed by atoms with Gasteiger partial charge < -0.3 is 15.0 Å². The summed E-state index contributed by atoms with van der Waals surface area (Å²) >= 11 is 0. The van der Waals surface area contributed by atoms with Gasteiger partial charge >= 0.3 is 0 Å². The lowest BCUT2D eigenvalue weighted by Gasteiger charge is -2.26. The summed E-state index contributed by atoms with van der Waals surface area (Å²) in [6.45, 7) is 4.86. The Balaban J connectivity index is 1.94. The first-order chi connectivity index (χ1) is 11.9. The number of amides is 1. The first-order valence-corrected chi connectivity index (χ1v) is 10.1. The van der Waals surface area contributed by atoms with E-state index in [0.717, 1.165) is 26.1 Å². The third-order valence-electron chi connectivity index (χ3n) is 4.18. The van der Waals surface area contributed by atoms with E-state index in [-0.39, 0.29) is 10.8 Å². The maximum absolute atomic E-state index is 12.4. The third-order valence-corrected chi connectivity index (χ3v) is 5.64. The molecule has 1 aliphatic heterocycles. The monoisotopic (exact) mass is 369 g/mol. The van der Waals surface area contributed by atoms with Crippen molar-refractivity contribution in [1.29, 1.82) is 0 Å². The molecule has 0 radical (unpaired) electrons. The van der Waals surface area contributed by atoms with Crippen molar-refractivity contribution < 1.29 is 17.9 Å². The molecule has 0 saturated carbocycles. The standard InChI is InChI=1S/C17H27N3O4S/c1-14(21)19-16-13-15(7-8-17(16)24-2)25(22,23)18-9-6-12-20-10-4-3-5-11-20/h7-8,13,18H,3-6,9-12H2,1-2H3,(H,19,21). The molecule has 0 aromatic heterocycles. The van der Waals surface area contributed by atoms with E-state index in [4.69, 9.17) is 4.74 Å². The Bertz CT molecular complexity index is 685. The number of nitrogens with zero attached hydrogens (tertiary/aromatic N) is 1. The van der Waals surface area contributed by atoms with Crippen LogP contribution >= 0.6 is 0 Å². The van der Waals surface area contributed by atoms with Gasteiger partial charge in [-0.25, -0.2) is 13.1 Å². The molecule has 0 aliphatic carbocycles. The van der Waals surface area contributed by atoms with E-state index in [1.165, 1.54) is 51.5 Å². The van der Waals surface area contributed by atoms with Crippen LogP contribution in [0.3, 0.4) is 0 Å². The Morgan fingerprint density at radius 2 is 1.96 bits per heavy atom. The molecular formula is C17H27N3O4S. The highest BCUT2D eigenvalue weighted by atomic mass is 32.2. The van der Waals surface area contributed by atoms with Crippen LogP contribution in [-0.2, 0) is 14.8 Å². The van der Waals surface area contributed by atoms with E-state index in [9.17, 15) is 13.2 Å². The molecule has 0 spiro atoms. The number of sulfonamides is 1. The summed E-state index contributed by atoms with van der Waals surface area (Å²) in [4.78, 5) is 13.7. The van der Waals surface area contributed by atoms with Crippen LogP contribution < -0.4 is 14.8 Å². The first-order valence-electron chi connectivity index (χ1n) is 8.60. The van der Waals surface area contributed by atoms with E-state index >= 15 is 0 Å². The first kappa shape index (κ1) is 19.7. The van der Waals surface area contributed by atoms with Crippen molar-refractivity contribution in [3.63, 3.8) is 0 Å². The minimum Gasteiger partial charge on any atom is -0.495 e. The molecule has 1 fully saturated rings. The molecule has 140 valence electrons. The van der Waals surface area contributed by atoms with Crippen molar-refractivity contribution in [3.8, 4) is 5.75 Å². The van der Waals surface area contributed by atoms with Gasteiger partial charge in [-0.1, -0.05) is 6.42 Å². The third kappa shape index (κ3) is 5.98. The van der Waals surface area contributed by atoms with E-state index in [1.54, 1.807) is 0 Å². The Kier molecular flexibility index (Phi) is 7.22. The number of likely N-dealkylation sites (tertiary alicyclic amines) is 1. The number of carbonyl (C=O) groups is 1. The molecule has 0 atom stereocenters. The molecule has 25 heavy (non-hydrogen) atoms. The highest BCUT2D eigenvalue weighted by molar-refractivity contribution is 7.89. The van der Waals surface area contributed by atoms with Gasteiger partial charge in [0, 0.05) is 13.5 Å². The predicted molar refractivity (Wildman–Crippen MR) is 97.4 cm³/mol. The maximum Gasteiger partial charge on any atom is 0.240 e. The van der Waals surface area contributed by atoms with Crippen LogP contribution in [0.5, 0.6) is 5.75 Å². The smallest absolute Gasteiger partial charge is 0.240 e. The predicted octanol–water partition coefficient (Wildman–Crippen LogP) is 1.81. The molecular weight excluding hydrogens is 342 g/mol. The van der Waals surface area contributed by atoms with Crippen LogP contribution in [0.25, 0.3) is 0 Å². The van der Waals surface area contributed by atoms with Crippen molar-refractivity contribution >= 4 is 21.6 Å². The van der Waals surface area contributed by atoms with Gasteiger partial charge in [0.1, 0.15) is 5.75 Å². The van der Waals surface area contributed by atoms with E-state index in [2.05, 4.69) is 14.9 Å². The number of carbonyl (C=O) groups excluding carboxylic acids is 1. The summed E-state index contributed by atoms with van der Waals surface area (Å²) in [6.07, 6.45) is 4.51. The summed E-state index contributed by atoms with van der Waals surface area (Å²) in [5, 5.41) is 2.58. The SMILES string of the molecule is COc1ccc(S(=O)(=O)NCCCN2CCCCC2)cc1NC(C)=O. The molecule has 0 unspecified atom stereocenters. The minimum absolute atomic E-state index is 0.107. The summed E-state index contributed by atoms with van der Waals surface area (Å²) in [6, 6.07) is 4.41. The molecule has 2 rings (SSSR count). The van der Waals surface area contributed by atoms with E-state index in [0.29, 0.717) is 18.0 Å². The van der Waals surface area contributed by atoms with Crippen LogP contribution in [0.15, 0.2) is 23.1 Å². The van der Waals surface area contributed by atoms with Gasteiger partial charge in [-0.05, 0) is 57.1 Å². The van der Waals surface area contributed by atoms with Crippen molar-refractivity contribution in [1.82, 2.24) is 9.62 Å². The Morgan fingerprint density at radius 1 is 1.24 bits per heavy atom. The number of anilines is 1. The Morgan fingerprint density at radius 3 is 2.60 bits per heavy atom. The minimum atomic E-state index is -3.62. The second-order valence-corrected chi connectivity index (χ2v) is 7.96. The van der Waals surface area contributed by atoms with Crippen LogP contribution in [0.2, 0.25) is 0 Å². The zero-order valence-electron chi connectivity index (χ0n) is 14.9. The number of hydrogen-bond donors (Lipinski definition) is 2. The quantitative estimate of drug-likeness (QED) is 0.683. The van der Waals surface area contributed by atoms with Crippen LogP contribution in [-0.4, -0.2) is 52.5 Å². The number of methoxy groups -OCH3 is 1. The fourth-order valence-corrected chi connectivity index (χ4v) is 4.02. The lowest BCUT2D eigenvalue weighted by molar-refractivity contribution is -0.114. The molecule has 1 aliphatic rings. The molecule has 1 saturated heterocycles. The zero-order chi connectivity index (χ0) is 18.3. The number of benzene rings is 1. The molecule has 1 aromatic rings. The highest BCUT2D eigenvalue weighted by Crippen LogP contribution is 2.27. The number of rotatable bonds is 8. The summed E-state index contributed by atoms with van der Waals surface area (Å²) < 4.78 is 32.7. The molecule has 1 amide bonds. The topological polar surface area (TPSA) is 87.7 Å². The number of hydrogen-bond acceptors (Lipinski definition) is 5. The van der Waals surface area contributed by atoms with Crippen molar-refractivity contribution in [2.45, 2.75) is 37.5 Å². The van der Waals surface area contributed by atoms with Gasteiger partial charge in [0.2, 0.25) is 15.9 Å². The summed E-state index contributed by atoms with van der Waals surface area (Å²) in [5.74, 6) is 0.126. The average Bonchev–Trinajstić information content (AvgIpc) is 2.59. The maximum atomic E-state index is 12.4. The normalized spacial score (nSPS) is 15.8. The average molecular weight is 369 g/mol. The summed E-state index contributed by atoms with van der Waals surface area (Å²) in [7, 11) is -2.16. The van der Waals surface area contributed by atoms with Gasteiger partial charge in [0.25, 0.3) is 0 Å². The number of nitrogens with one attached hydrogen (secondary N) is 2. The summed E-state index contributed by atoms with van der Waals surface area (Å²) in [5.41, 5.74) is 0.339. The lowest BCUT2D eigenvalue weighted by atomic mass is 10.1. The van der Waals surface area contributed by atoms with Gasteiger partial charge in [-0.3, -0.25) is 4.79 Å². The fourth-order valence-electron chi connectivity index (χ4n) is 2.92. The number of piperidine rings is 1. The second-order valence-electron chi connectivity index (χ2n) is 6.20. The van der Waals surface area contributed by atoms with Crippen molar-refractivity contribution in [2.24, 2.45) is 0 Å². The Hall–Kier alpha value is -1.64. The van der Waals surface area contributed by atoms with Crippen LogP contribution in [0, 0.1) is 0 Å². The van der Waals surface area contributed by atoms with Crippen LogP contribution in [0.4, 0.5) is 5.69 Å². The second kappa shape index (κ2) is 9.17. The van der Waals surface area contributed by atoms with Gasteiger partial charge in [-0.15, -0.1) is 0 Å². The molecule has 7 nitrogen and oxygen atoms in total. The van der Waals surface area contributed by atoms with Crippen molar-refractivity contribution in [3.05, 3.63) is 18.2 Å². The molecule has 2 N–H and O–H groups in total. The number of ether oxygens (including phenoxy) is 1. The van der Waals surface area contributed by atoms with Gasteiger partial charge in [0.05, 0.1) is 17.7 Å². The molecule has 8 heteroatoms. The lowest BCUT2D eigenvalue weighted by Crippen LogP contribution is -2.33. The largest absolute Gasteiger partial charge is 0.495 e.